The van der Waals surface area contributed by atoms with Crippen LogP contribution in [0.3, 0.4) is 0 Å². The lowest BCUT2D eigenvalue weighted by Crippen LogP contribution is -2.05. The molecule has 2 rings (SSSR count). The Labute approximate surface area is 111 Å². The number of halogens is 3. The summed E-state index contributed by atoms with van der Waals surface area (Å²) in [6.45, 7) is 0. The van der Waals surface area contributed by atoms with E-state index in [-0.39, 0.29) is 5.88 Å². The molecule has 0 amide bonds. The van der Waals surface area contributed by atoms with Crippen LogP contribution in [-0.2, 0) is 6.18 Å². The van der Waals surface area contributed by atoms with Gasteiger partial charge in [-0.2, -0.15) is 13.2 Å². The van der Waals surface area contributed by atoms with Crippen molar-refractivity contribution < 1.29 is 23.1 Å². The van der Waals surface area contributed by atoms with Crippen molar-refractivity contribution in [2.45, 2.75) is 6.18 Å². The van der Waals surface area contributed by atoms with Crippen LogP contribution in [-0.4, -0.2) is 28.3 Å². The van der Waals surface area contributed by atoms with Crippen LogP contribution in [0, 0.1) is 0 Å². The van der Waals surface area contributed by atoms with E-state index in [0.717, 1.165) is 18.3 Å². The van der Waals surface area contributed by atoms with Crippen LogP contribution in [0.1, 0.15) is 11.1 Å². The van der Waals surface area contributed by atoms with Crippen LogP contribution in [0.2, 0.25) is 0 Å². The molecule has 0 atom stereocenters. The van der Waals surface area contributed by atoms with Gasteiger partial charge in [-0.05, 0) is 24.3 Å². The van der Waals surface area contributed by atoms with Crippen LogP contribution < -0.4 is 4.74 Å². The summed E-state index contributed by atoms with van der Waals surface area (Å²) in [5, 5.41) is 15.4. The fourth-order valence-electron chi connectivity index (χ4n) is 1.62. The fourth-order valence-corrected chi connectivity index (χ4v) is 1.62. The number of benzene rings is 1. The fraction of sp³-hybridized carbons (Fsp3) is 0.167. The molecule has 0 spiro atoms. The molecule has 0 saturated carbocycles. The van der Waals surface area contributed by atoms with E-state index in [2.05, 4.69) is 10.3 Å². The highest BCUT2D eigenvalue weighted by Gasteiger charge is 2.30. The maximum Gasteiger partial charge on any atom is 0.416 e. The van der Waals surface area contributed by atoms with Gasteiger partial charge >= 0.3 is 6.18 Å². The quantitative estimate of drug-likeness (QED) is 0.536. The monoisotopic (exact) mass is 285 g/mol. The topological polar surface area (TPSA) is 59.6 Å². The number of aromatic nitrogens is 2. The Morgan fingerprint density at radius 1 is 1.30 bits per heavy atom. The second-order valence-electron chi connectivity index (χ2n) is 3.83. The van der Waals surface area contributed by atoms with E-state index in [0.29, 0.717) is 11.3 Å². The van der Waals surface area contributed by atoms with Crippen molar-refractivity contribution in [3.63, 3.8) is 0 Å². The zero-order chi connectivity index (χ0) is 14.8. The first-order valence-electron chi connectivity index (χ1n) is 5.44. The molecule has 1 aromatic heterocycles. The maximum absolute atomic E-state index is 12.5. The van der Waals surface area contributed by atoms with Crippen molar-refractivity contribution in [2.24, 2.45) is 5.16 Å². The molecule has 0 aliphatic rings. The Bertz CT molecular complexity index is 618. The van der Waals surface area contributed by atoms with Gasteiger partial charge in [-0.15, -0.1) is 5.10 Å². The first-order chi connectivity index (χ1) is 9.45. The second-order valence-corrected chi connectivity index (χ2v) is 3.83. The minimum absolute atomic E-state index is 0.197. The van der Waals surface area contributed by atoms with Crippen LogP contribution in [0.4, 0.5) is 13.2 Å². The molecule has 1 heterocycles. The van der Waals surface area contributed by atoms with E-state index in [9.17, 15) is 13.2 Å². The molecule has 8 heteroatoms. The van der Waals surface area contributed by atoms with E-state index < -0.39 is 11.7 Å². The lowest BCUT2D eigenvalue weighted by Gasteiger charge is -2.07. The predicted octanol–water partition coefficient (Wildman–Crippen LogP) is 2.71. The van der Waals surface area contributed by atoms with Crippen LogP contribution in [0.25, 0.3) is 5.69 Å². The van der Waals surface area contributed by atoms with Gasteiger partial charge in [0, 0.05) is 6.20 Å². The number of nitrogens with zero attached hydrogens (tertiary/aromatic N) is 3. The smallest absolute Gasteiger partial charge is 0.416 e. The summed E-state index contributed by atoms with van der Waals surface area (Å²) in [4.78, 5) is 0. The molecule has 0 aliphatic heterocycles. The number of hydrogen-bond donors (Lipinski definition) is 1. The number of methoxy groups -OCH3 is 1. The molecular formula is C12H10F3N3O2. The molecule has 106 valence electrons. The summed E-state index contributed by atoms with van der Waals surface area (Å²) >= 11 is 0. The van der Waals surface area contributed by atoms with Crippen LogP contribution >= 0.6 is 0 Å². The Morgan fingerprint density at radius 2 is 1.95 bits per heavy atom. The average molecular weight is 285 g/mol. The van der Waals surface area contributed by atoms with Crippen molar-refractivity contribution in [1.29, 1.82) is 0 Å². The van der Waals surface area contributed by atoms with Gasteiger partial charge in [-0.1, -0.05) is 5.16 Å². The molecule has 2 aromatic rings. The minimum Gasteiger partial charge on any atom is -0.479 e. The Morgan fingerprint density at radius 3 is 2.45 bits per heavy atom. The Hall–Kier alpha value is -2.51. The summed E-state index contributed by atoms with van der Waals surface area (Å²) in [5.74, 6) is 0.197. The molecule has 1 N–H and O–H groups in total. The largest absolute Gasteiger partial charge is 0.479 e. The molecule has 0 aliphatic carbocycles. The number of oxime groups is 1. The average Bonchev–Trinajstić information content (AvgIpc) is 2.81. The van der Waals surface area contributed by atoms with Crippen LogP contribution in [0.5, 0.6) is 5.88 Å². The lowest BCUT2D eigenvalue weighted by molar-refractivity contribution is -0.137. The first kappa shape index (κ1) is 13.9. The molecule has 0 fully saturated rings. The van der Waals surface area contributed by atoms with Gasteiger partial charge in [-0.3, -0.25) is 0 Å². The molecule has 20 heavy (non-hydrogen) atoms. The molecule has 1 aromatic carbocycles. The SMILES string of the molecule is COc1nn(-c2ccc(C(F)(F)F)cc2)cc1/C=N\O. The maximum atomic E-state index is 12.5. The van der Waals surface area contributed by atoms with Gasteiger partial charge in [0.15, 0.2) is 0 Å². The van der Waals surface area contributed by atoms with E-state index >= 15 is 0 Å². The van der Waals surface area contributed by atoms with Gasteiger partial charge in [0.2, 0.25) is 5.88 Å². The van der Waals surface area contributed by atoms with Gasteiger partial charge in [0.1, 0.15) is 0 Å². The molecule has 0 unspecified atom stereocenters. The second kappa shape index (κ2) is 5.24. The van der Waals surface area contributed by atoms with E-state index in [1.54, 1.807) is 0 Å². The summed E-state index contributed by atoms with van der Waals surface area (Å²) in [7, 11) is 1.38. The van der Waals surface area contributed by atoms with Gasteiger partial charge < -0.3 is 9.94 Å². The standard InChI is InChI=1S/C12H10F3N3O2/c1-20-11-8(6-16-19)7-18(17-11)10-4-2-9(3-5-10)12(13,14)15/h2-7,19H,1H3/b16-6-. The van der Waals surface area contributed by atoms with Crippen molar-refractivity contribution >= 4 is 6.21 Å². The summed E-state index contributed by atoms with van der Waals surface area (Å²) in [6, 6.07) is 4.50. The van der Waals surface area contributed by atoms with Crippen molar-refractivity contribution in [3.8, 4) is 11.6 Å². The highest BCUT2D eigenvalue weighted by Crippen LogP contribution is 2.29. The minimum atomic E-state index is -4.38. The summed E-state index contributed by atoms with van der Waals surface area (Å²) in [6.07, 6.45) is -1.79. The predicted molar refractivity (Wildman–Crippen MR) is 64.5 cm³/mol. The molecule has 0 bridgehead atoms. The third-order valence-corrected chi connectivity index (χ3v) is 2.56. The lowest BCUT2D eigenvalue weighted by atomic mass is 10.2. The number of hydrogen-bond acceptors (Lipinski definition) is 4. The van der Waals surface area contributed by atoms with Crippen LogP contribution in [0.15, 0.2) is 35.6 Å². The first-order valence-corrected chi connectivity index (χ1v) is 5.44. The van der Waals surface area contributed by atoms with Crippen molar-refractivity contribution in [3.05, 3.63) is 41.6 Å². The number of rotatable bonds is 3. The molecule has 5 nitrogen and oxygen atoms in total. The summed E-state index contributed by atoms with van der Waals surface area (Å²) in [5.41, 5.74) is 0.0845. The highest BCUT2D eigenvalue weighted by molar-refractivity contribution is 5.82. The number of ether oxygens (including phenoxy) is 1. The summed E-state index contributed by atoms with van der Waals surface area (Å²) < 4.78 is 43.7. The Balaban J connectivity index is 2.37. The van der Waals surface area contributed by atoms with Gasteiger partial charge in [0.25, 0.3) is 0 Å². The van der Waals surface area contributed by atoms with Crippen molar-refractivity contribution in [2.75, 3.05) is 7.11 Å². The van der Waals surface area contributed by atoms with E-state index in [1.807, 2.05) is 0 Å². The van der Waals surface area contributed by atoms with E-state index in [4.69, 9.17) is 9.94 Å². The zero-order valence-corrected chi connectivity index (χ0v) is 10.3. The third kappa shape index (κ3) is 2.73. The van der Waals surface area contributed by atoms with E-state index in [1.165, 1.54) is 30.1 Å². The van der Waals surface area contributed by atoms with Gasteiger partial charge in [0.05, 0.1) is 30.1 Å². The normalized spacial score (nSPS) is 12.0. The molecule has 0 radical (unpaired) electrons. The number of alkyl halides is 3. The molecule has 0 saturated heterocycles. The molecular weight excluding hydrogens is 275 g/mol. The van der Waals surface area contributed by atoms with Gasteiger partial charge in [-0.25, -0.2) is 4.68 Å². The highest BCUT2D eigenvalue weighted by atomic mass is 19.4. The third-order valence-electron chi connectivity index (χ3n) is 2.56. The zero-order valence-electron chi connectivity index (χ0n) is 10.3. The van der Waals surface area contributed by atoms with Crippen molar-refractivity contribution in [1.82, 2.24) is 9.78 Å². The Kier molecular flexibility index (Phi) is 3.64.